The minimum atomic E-state index is -0.330. The van der Waals surface area contributed by atoms with E-state index in [2.05, 4.69) is 13.8 Å². The zero-order valence-corrected chi connectivity index (χ0v) is 31.7. The third kappa shape index (κ3) is 6.46. The molecular formula is C46H44N4O4. The lowest BCUT2D eigenvalue weighted by atomic mass is 9.86. The number of allylic oxidation sites excluding steroid dienone is 4. The number of carbonyl (C=O) groups is 2. The van der Waals surface area contributed by atoms with Crippen LogP contribution in [0.3, 0.4) is 0 Å². The van der Waals surface area contributed by atoms with Gasteiger partial charge in [-0.15, -0.1) is 20.4 Å². The topological polar surface area (TPSA) is 102 Å². The van der Waals surface area contributed by atoms with Gasteiger partial charge in [-0.3, -0.25) is 0 Å². The van der Waals surface area contributed by atoms with Crippen molar-refractivity contribution in [3.63, 3.8) is 0 Å². The lowest BCUT2D eigenvalue weighted by molar-refractivity contribution is 0.0491. The minimum absolute atomic E-state index is 0.330. The Kier molecular flexibility index (Phi) is 10.4. The zero-order valence-electron chi connectivity index (χ0n) is 31.7. The number of rotatable bonds is 10. The maximum absolute atomic E-state index is 13.2. The van der Waals surface area contributed by atoms with Gasteiger partial charge in [-0.05, 0) is 86.1 Å². The Labute approximate surface area is 316 Å². The van der Waals surface area contributed by atoms with E-state index in [0.29, 0.717) is 35.8 Å². The maximum Gasteiger partial charge on any atom is 0.338 e. The van der Waals surface area contributed by atoms with Gasteiger partial charge in [-0.1, -0.05) is 99.5 Å². The summed E-state index contributed by atoms with van der Waals surface area (Å²) >= 11 is 0. The Bertz CT molecular complexity index is 2200. The third-order valence-electron chi connectivity index (χ3n) is 10.5. The molecule has 4 aromatic rings. The molecule has 0 N–H and O–H groups in total. The summed E-state index contributed by atoms with van der Waals surface area (Å²) in [6.07, 6.45) is 3.54. The van der Waals surface area contributed by atoms with Crippen LogP contribution in [0.1, 0.15) is 110 Å². The summed E-state index contributed by atoms with van der Waals surface area (Å²) in [5.41, 5.74) is 14.9. The number of esters is 2. The van der Waals surface area contributed by atoms with Gasteiger partial charge >= 0.3 is 11.9 Å². The highest BCUT2D eigenvalue weighted by atomic mass is 16.5. The van der Waals surface area contributed by atoms with E-state index in [0.717, 1.165) is 104 Å². The van der Waals surface area contributed by atoms with Crippen LogP contribution in [-0.4, -0.2) is 48.0 Å². The van der Waals surface area contributed by atoms with Crippen molar-refractivity contribution in [1.82, 2.24) is 0 Å². The average Bonchev–Trinajstić information content (AvgIpc) is 3.69. The minimum Gasteiger partial charge on any atom is -0.462 e. The van der Waals surface area contributed by atoms with Crippen LogP contribution in [0.4, 0.5) is 0 Å². The van der Waals surface area contributed by atoms with Crippen LogP contribution < -0.4 is 0 Å². The first-order chi connectivity index (χ1) is 26.3. The summed E-state index contributed by atoms with van der Waals surface area (Å²) in [5, 5.41) is 19.5. The van der Waals surface area contributed by atoms with E-state index in [9.17, 15) is 9.59 Å². The van der Waals surface area contributed by atoms with E-state index in [1.165, 1.54) is 0 Å². The van der Waals surface area contributed by atoms with Gasteiger partial charge in [-0.25, -0.2) is 9.59 Å². The molecule has 0 spiro atoms. The predicted octanol–water partition coefficient (Wildman–Crippen LogP) is 10.3. The van der Waals surface area contributed by atoms with Crippen molar-refractivity contribution in [2.75, 3.05) is 13.2 Å². The van der Waals surface area contributed by atoms with Crippen molar-refractivity contribution in [1.29, 1.82) is 0 Å². The van der Waals surface area contributed by atoms with Crippen molar-refractivity contribution >= 4 is 34.8 Å². The summed E-state index contributed by atoms with van der Waals surface area (Å²) in [5.74, 6) is -0.659. The monoisotopic (exact) mass is 716 g/mol. The molecule has 0 radical (unpaired) electrons. The number of benzene rings is 4. The second-order valence-electron chi connectivity index (χ2n) is 13.8. The molecule has 0 saturated heterocycles. The van der Waals surface area contributed by atoms with Crippen molar-refractivity contribution in [3.05, 3.63) is 141 Å². The van der Waals surface area contributed by atoms with Crippen LogP contribution in [0, 0.1) is 0 Å². The van der Waals surface area contributed by atoms with E-state index >= 15 is 0 Å². The van der Waals surface area contributed by atoms with Gasteiger partial charge in [0.1, 0.15) is 11.4 Å². The molecule has 0 atom stereocenters. The molecule has 0 aliphatic heterocycles. The molecule has 3 aliphatic rings. The van der Waals surface area contributed by atoms with E-state index in [4.69, 9.17) is 29.9 Å². The summed E-state index contributed by atoms with van der Waals surface area (Å²) < 4.78 is 11.2. The number of carbonyl (C=O) groups excluding carboxylic acids is 2. The Morgan fingerprint density at radius 1 is 0.444 bits per heavy atom. The van der Waals surface area contributed by atoms with Gasteiger partial charge < -0.3 is 9.47 Å². The van der Waals surface area contributed by atoms with Crippen LogP contribution in [0.2, 0.25) is 0 Å². The summed E-state index contributed by atoms with van der Waals surface area (Å²) in [7, 11) is 0. The Hall–Kier alpha value is -6.02. The third-order valence-corrected chi connectivity index (χ3v) is 10.5. The van der Waals surface area contributed by atoms with Gasteiger partial charge in [0.25, 0.3) is 0 Å². The van der Waals surface area contributed by atoms with Gasteiger partial charge in [0.15, 0.2) is 0 Å². The molecule has 8 heteroatoms. The fourth-order valence-corrected chi connectivity index (χ4v) is 7.29. The molecule has 0 amide bonds. The Morgan fingerprint density at radius 2 is 0.778 bits per heavy atom. The summed E-state index contributed by atoms with van der Waals surface area (Å²) in [6.45, 7) is 13.0. The first-order valence-corrected chi connectivity index (χ1v) is 18.7. The zero-order chi connectivity index (χ0) is 37.9. The quantitative estimate of drug-likeness (QED) is 0.0609. The van der Waals surface area contributed by atoms with Crippen LogP contribution in [0.15, 0.2) is 128 Å². The lowest BCUT2D eigenvalue weighted by Gasteiger charge is -2.21. The van der Waals surface area contributed by atoms with Crippen LogP contribution in [0.5, 0.6) is 0 Å². The molecule has 4 aromatic carbocycles. The molecule has 3 aliphatic carbocycles. The number of hydrogen-bond acceptors (Lipinski definition) is 8. The standard InChI is InChI=1S/C46H44N4O4/c1-7-9-25-53-45(51)37-23-15-21-35-39(37)31-17-11-13-19-33(31)43(35)49-47-41-27(3)29(5)42(30(6)28(41)4)48-50-44-34-20-14-12-18-32(34)40-36(44)22-16-24-38(40)46(52)54-26-10-8-2/h11-24H,7-10,25-26H2,1-6H3. The normalized spacial score (nSPS) is 15.7. The largest absolute Gasteiger partial charge is 0.462 e. The second-order valence-corrected chi connectivity index (χ2v) is 13.8. The van der Waals surface area contributed by atoms with E-state index in [-0.39, 0.29) is 11.9 Å². The highest BCUT2D eigenvalue weighted by Gasteiger charge is 2.32. The molecular weight excluding hydrogens is 673 g/mol. The van der Waals surface area contributed by atoms with E-state index < -0.39 is 0 Å². The predicted molar refractivity (Wildman–Crippen MR) is 217 cm³/mol. The number of hydrogen-bond donors (Lipinski definition) is 0. The molecule has 0 saturated carbocycles. The SMILES string of the molecule is CCCCOC(=O)c1cccc2c1-c1ccccc1C2=NN=C1C(C)=C(C)C(=NN=C2c3ccccc3-c3c(C(=O)OCCCC)cccc32)C(C)=C1C. The van der Waals surface area contributed by atoms with Gasteiger partial charge in [0.05, 0.1) is 35.8 Å². The fourth-order valence-electron chi connectivity index (χ4n) is 7.29. The van der Waals surface area contributed by atoms with Crippen molar-refractivity contribution in [2.24, 2.45) is 20.4 Å². The molecule has 0 fully saturated rings. The fraction of sp³-hybridized carbons (Fsp3) is 0.261. The average molecular weight is 717 g/mol. The lowest BCUT2D eigenvalue weighted by Crippen LogP contribution is -2.20. The van der Waals surface area contributed by atoms with E-state index in [1.54, 1.807) is 0 Å². The first kappa shape index (κ1) is 36.3. The number of nitrogens with zero attached hydrogens (tertiary/aromatic N) is 4. The molecule has 54 heavy (non-hydrogen) atoms. The number of ether oxygens (including phenoxy) is 2. The molecule has 0 heterocycles. The summed E-state index contributed by atoms with van der Waals surface area (Å²) in [4.78, 5) is 26.4. The number of unbranched alkanes of at least 4 members (excludes halogenated alkanes) is 2. The summed E-state index contributed by atoms with van der Waals surface area (Å²) in [6, 6.07) is 27.3. The smallest absolute Gasteiger partial charge is 0.338 e. The van der Waals surface area contributed by atoms with Crippen molar-refractivity contribution < 1.29 is 19.1 Å². The molecule has 7 rings (SSSR count). The van der Waals surface area contributed by atoms with Crippen molar-refractivity contribution in [3.8, 4) is 22.3 Å². The highest BCUT2D eigenvalue weighted by Crippen LogP contribution is 2.41. The Balaban J connectivity index is 1.26. The van der Waals surface area contributed by atoms with Gasteiger partial charge in [-0.2, -0.15) is 0 Å². The first-order valence-electron chi connectivity index (χ1n) is 18.7. The second kappa shape index (κ2) is 15.5. The van der Waals surface area contributed by atoms with Crippen LogP contribution in [0.25, 0.3) is 22.3 Å². The Morgan fingerprint density at radius 3 is 1.15 bits per heavy atom. The number of fused-ring (bicyclic) bond motifs is 6. The molecule has 0 aromatic heterocycles. The molecule has 0 bridgehead atoms. The van der Waals surface area contributed by atoms with Crippen molar-refractivity contribution in [2.45, 2.75) is 67.2 Å². The van der Waals surface area contributed by atoms with E-state index in [1.807, 2.05) is 113 Å². The maximum atomic E-state index is 13.2. The molecule has 0 unspecified atom stereocenters. The van der Waals surface area contributed by atoms with Crippen LogP contribution >= 0.6 is 0 Å². The molecule has 272 valence electrons. The molecule has 8 nitrogen and oxygen atoms in total. The van der Waals surface area contributed by atoms with Gasteiger partial charge in [0.2, 0.25) is 0 Å². The van der Waals surface area contributed by atoms with Gasteiger partial charge in [0, 0.05) is 33.4 Å². The van der Waals surface area contributed by atoms with Crippen LogP contribution in [-0.2, 0) is 9.47 Å². The highest BCUT2D eigenvalue weighted by molar-refractivity contribution is 6.30.